The molecule has 2 aromatic rings. The Bertz CT molecular complexity index is 801. The molecule has 0 saturated heterocycles. The summed E-state index contributed by atoms with van der Waals surface area (Å²) in [7, 11) is 0. The molecule has 0 atom stereocenters. The monoisotopic (exact) mass is 386 g/mol. The summed E-state index contributed by atoms with van der Waals surface area (Å²) in [6.45, 7) is 1.28. The van der Waals surface area contributed by atoms with Gasteiger partial charge in [0.25, 0.3) is 0 Å². The molecule has 6 nitrogen and oxygen atoms in total. The smallest absolute Gasteiger partial charge is 0.456 e. The van der Waals surface area contributed by atoms with Gasteiger partial charge in [0.2, 0.25) is 5.91 Å². The van der Waals surface area contributed by atoms with Crippen molar-refractivity contribution in [1.29, 1.82) is 0 Å². The van der Waals surface area contributed by atoms with Crippen LogP contribution in [-0.4, -0.2) is 23.2 Å². The first-order valence-corrected chi connectivity index (χ1v) is 8.02. The molecule has 0 unspecified atom stereocenters. The van der Waals surface area contributed by atoms with E-state index in [9.17, 15) is 22.8 Å². The Balaban J connectivity index is 1.83. The number of benzene rings is 1. The lowest BCUT2D eigenvalue weighted by Crippen LogP contribution is -2.16. The van der Waals surface area contributed by atoms with Crippen LogP contribution < -0.4 is 10.1 Å². The number of halogens is 3. The van der Waals surface area contributed by atoms with Crippen molar-refractivity contribution >= 4 is 34.4 Å². The minimum atomic E-state index is -4.75. The highest BCUT2D eigenvalue weighted by Gasteiger charge is 2.30. The molecule has 1 amide bonds. The van der Waals surface area contributed by atoms with Crippen LogP contribution in [0.4, 0.5) is 18.3 Å². The Labute approximate surface area is 150 Å². The van der Waals surface area contributed by atoms with Crippen LogP contribution in [0.3, 0.4) is 0 Å². The molecule has 0 aliphatic carbocycles. The summed E-state index contributed by atoms with van der Waals surface area (Å²) in [6.07, 6.45) is -2.22. The predicted molar refractivity (Wildman–Crippen MR) is 88.4 cm³/mol. The van der Waals surface area contributed by atoms with Crippen molar-refractivity contribution in [3.63, 3.8) is 0 Å². The summed E-state index contributed by atoms with van der Waals surface area (Å²) in [4.78, 5) is 26.6. The second-order valence-corrected chi connectivity index (χ2v) is 5.74. The van der Waals surface area contributed by atoms with Gasteiger partial charge in [-0.1, -0.05) is 12.1 Å². The molecule has 0 spiro atoms. The fourth-order valence-corrected chi connectivity index (χ4v) is 2.46. The van der Waals surface area contributed by atoms with E-state index < -0.39 is 12.3 Å². The van der Waals surface area contributed by atoms with Gasteiger partial charge in [0.1, 0.15) is 12.4 Å². The van der Waals surface area contributed by atoms with Crippen molar-refractivity contribution in [2.45, 2.75) is 19.9 Å². The van der Waals surface area contributed by atoms with E-state index in [1.54, 1.807) is 5.38 Å². The summed E-state index contributed by atoms with van der Waals surface area (Å²) < 4.78 is 44.9. The summed E-state index contributed by atoms with van der Waals surface area (Å²) >= 11 is 1.20. The van der Waals surface area contributed by atoms with Crippen LogP contribution in [0.5, 0.6) is 5.75 Å². The zero-order chi connectivity index (χ0) is 19.2. The first-order valence-electron chi connectivity index (χ1n) is 7.14. The maximum absolute atomic E-state index is 12.1. The van der Waals surface area contributed by atoms with E-state index in [1.807, 2.05) is 0 Å². The molecule has 0 aliphatic rings. The second kappa shape index (κ2) is 8.48. The van der Waals surface area contributed by atoms with Crippen molar-refractivity contribution in [2.75, 3.05) is 5.32 Å². The normalized spacial score (nSPS) is 11.4. The third-order valence-corrected chi connectivity index (χ3v) is 3.53. The molecular formula is C16H13F3N2O4S. The Morgan fingerprint density at radius 3 is 2.58 bits per heavy atom. The summed E-state index contributed by atoms with van der Waals surface area (Å²) in [5.41, 5.74) is 0.979. The van der Waals surface area contributed by atoms with Gasteiger partial charge in [-0.25, -0.2) is 9.78 Å². The number of amides is 1. The second-order valence-electron chi connectivity index (χ2n) is 4.88. The van der Waals surface area contributed by atoms with Gasteiger partial charge in [0.15, 0.2) is 5.13 Å². The number of carbonyl (C=O) groups excluding carboxylic acids is 2. The lowest BCUT2D eigenvalue weighted by atomic mass is 10.2. The molecule has 0 saturated carbocycles. The molecule has 26 heavy (non-hydrogen) atoms. The van der Waals surface area contributed by atoms with E-state index in [0.29, 0.717) is 16.4 Å². The number of rotatable bonds is 6. The number of hydrogen-bond acceptors (Lipinski definition) is 6. The summed E-state index contributed by atoms with van der Waals surface area (Å²) in [6, 6.07) is 5.00. The minimum Gasteiger partial charge on any atom is -0.456 e. The number of anilines is 1. The summed E-state index contributed by atoms with van der Waals surface area (Å²) in [5, 5.41) is 4.55. The first kappa shape index (κ1) is 19.4. The molecule has 1 aromatic carbocycles. The Morgan fingerprint density at radius 2 is 1.96 bits per heavy atom. The molecule has 1 N–H and O–H groups in total. The van der Waals surface area contributed by atoms with Crippen LogP contribution in [0.1, 0.15) is 18.2 Å². The van der Waals surface area contributed by atoms with Gasteiger partial charge in [0.05, 0.1) is 5.69 Å². The van der Waals surface area contributed by atoms with E-state index in [-0.39, 0.29) is 18.3 Å². The topological polar surface area (TPSA) is 77.5 Å². The molecule has 0 radical (unpaired) electrons. The number of hydrogen-bond donors (Lipinski definition) is 1. The number of aromatic nitrogens is 1. The third-order valence-electron chi connectivity index (χ3n) is 2.72. The van der Waals surface area contributed by atoms with Crippen molar-refractivity contribution in [3.05, 3.63) is 47.0 Å². The highest BCUT2D eigenvalue weighted by Crippen LogP contribution is 2.23. The average molecular weight is 386 g/mol. The first-order chi connectivity index (χ1) is 12.2. The third kappa shape index (κ3) is 6.93. The van der Waals surface area contributed by atoms with E-state index in [0.717, 1.165) is 18.2 Å². The fourth-order valence-electron chi connectivity index (χ4n) is 1.72. The van der Waals surface area contributed by atoms with Gasteiger partial charge >= 0.3 is 12.3 Å². The highest BCUT2D eigenvalue weighted by atomic mass is 32.1. The molecule has 1 aromatic heterocycles. The molecule has 138 valence electrons. The fraction of sp³-hybridized carbons (Fsp3) is 0.188. The van der Waals surface area contributed by atoms with Crippen LogP contribution in [0, 0.1) is 0 Å². The van der Waals surface area contributed by atoms with Crippen LogP contribution in [0.25, 0.3) is 6.08 Å². The number of alkyl halides is 3. The van der Waals surface area contributed by atoms with Gasteiger partial charge in [-0.3, -0.25) is 4.79 Å². The summed E-state index contributed by atoms with van der Waals surface area (Å²) in [5.74, 6) is -1.25. The number of thiazole rings is 1. The van der Waals surface area contributed by atoms with Gasteiger partial charge in [-0.2, -0.15) is 0 Å². The Hall–Kier alpha value is -2.88. The van der Waals surface area contributed by atoms with Crippen molar-refractivity contribution in [1.82, 2.24) is 4.98 Å². The maximum Gasteiger partial charge on any atom is 0.573 e. The lowest BCUT2D eigenvalue weighted by Gasteiger charge is -2.08. The van der Waals surface area contributed by atoms with E-state index in [1.165, 1.54) is 36.5 Å². The maximum atomic E-state index is 12.1. The zero-order valence-corrected chi connectivity index (χ0v) is 14.2. The van der Waals surface area contributed by atoms with Gasteiger partial charge in [-0.05, 0) is 23.8 Å². The highest BCUT2D eigenvalue weighted by molar-refractivity contribution is 7.13. The predicted octanol–water partition coefficient (Wildman–Crippen LogP) is 3.76. The van der Waals surface area contributed by atoms with E-state index in [2.05, 4.69) is 15.0 Å². The van der Waals surface area contributed by atoms with Crippen LogP contribution in [0.2, 0.25) is 0 Å². The standard InChI is InChI=1S/C16H13F3N2O4S/c1-10(22)20-15-21-12(9-26-15)8-24-14(23)7-4-11-2-5-13(6-3-11)25-16(17,18)19/h2-7,9H,8H2,1H3,(H,20,21,22)/b7-4+. The molecule has 1 heterocycles. The van der Waals surface area contributed by atoms with Crippen LogP contribution in [0.15, 0.2) is 35.7 Å². The quantitative estimate of drug-likeness (QED) is 0.604. The molecular weight excluding hydrogens is 373 g/mol. The lowest BCUT2D eigenvalue weighted by molar-refractivity contribution is -0.274. The van der Waals surface area contributed by atoms with Gasteiger partial charge < -0.3 is 14.8 Å². The number of nitrogens with zero attached hydrogens (tertiary/aromatic N) is 1. The largest absolute Gasteiger partial charge is 0.573 e. The number of carbonyl (C=O) groups is 2. The molecule has 0 fully saturated rings. The van der Waals surface area contributed by atoms with Crippen molar-refractivity contribution in [2.24, 2.45) is 0 Å². The molecule has 2 rings (SSSR count). The Kier molecular flexibility index (Phi) is 6.34. The Morgan fingerprint density at radius 1 is 1.27 bits per heavy atom. The average Bonchev–Trinajstić information content (AvgIpc) is 2.97. The SMILES string of the molecule is CC(=O)Nc1nc(COC(=O)/C=C/c2ccc(OC(F)(F)F)cc2)cs1. The van der Waals surface area contributed by atoms with Gasteiger partial charge in [0, 0.05) is 18.4 Å². The number of nitrogens with one attached hydrogen (secondary N) is 1. The van der Waals surface area contributed by atoms with E-state index >= 15 is 0 Å². The minimum absolute atomic E-state index is 0.0718. The van der Waals surface area contributed by atoms with Gasteiger partial charge in [-0.15, -0.1) is 24.5 Å². The van der Waals surface area contributed by atoms with Crippen LogP contribution >= 0.6 is 11.3 Å². The van der Waals surface area contributed by atoms with E-state index in [4.69, 9.17) is 4.74 Å². The van der Waals surface area contributed by atoms with Crippen molar-refractivity contribution in [3.8, 4) is 5.75 Å². The number of ether oxygens (including phenoxy) is 2. The van der Waals surface area contributed by atoms with Crippen LogP contribution in [-0.2, 0) is 20.9 Å². The molecule has 10 heteroatoms. The number of esters is 1. The molecule has 0 bridgehead atoms. The molecule has 0 aliphatic heterocycles. The zero-order valence-electron chi connectivity index (χ0n) is 13.4. The van der Waals surface area contributed by atoms with Crippen molar-refractivity contribution < 1.29 is 32.2 Å².